The lowest BCUT2D eigenvalue weighted by Crippen LogP contribution is -2.36. The summed E-state index contributed by atoms with van der Waals surface area (Å²) in [6, 6.07) is 4.30. The molecule has 90 valence electrons. The maximum Gasteiger partial charge on any atom is 0.416 e. The highest BCUT2D eigenvalue weighted by Crippen LogP contribution is 2.31. The van der Waals surface area contributed by atoms with Crippen LogP contribution in [0.5, 0.6) is 0 Å². The molecule has 1 N–H and O–H groups in total. The molecule has 0 aromatic heterocycles. The predicted octanol–water partition coefficient (Wildman–Crippen LogP) is 1.92. The molecule has 2 rings (SSSR count). The molecule has 0 radical (unpaired) electrons. The number of hydrogen-bond donors (Lipinski definition) is 1. The summed E-state index contributed by atoms with van der Waals surface area (Å²) in [6.07, 6.45) is -4.61. The maximum atomic E-state index is 12.3. The minimum atomic E-state index is -4.38. The van der Waals surface area contributed by atoms with Crippen LogP contribution in [-0.2, 0) is 11.0 Å². The normalized spacial score (nSPS) is 19.2. The van der Waals surface area contributed by atoms with E-state index in [2.05, 4.69) is 15.9 Å². The van der Waals surface area contributed by atoms with Crippen molar-refractivity contribution in [2.75, 3.05) is 5.01 Å². The van der Waals surface area contributed by atoms with E-state index in [1.807, 2.05) is 0 Å². The first-order chi connectivity index (χ1) is 8.02. The van der Waals surface area contributed by atoms with Crippen molar-refractivity contribution < 1.29 is 18.0 Å². The minimum absolute atomic E-state index is 0.351. The summed E-state index contributed by atoms with van der Waals surface area (Å²) in [5, 5.41) is 8.18. The monoisotopic (exact) mass is 244 g/mol. The van der Waals surface area contributed by atoms with E-state index in [-0.39, 0.29) is 0 Å². The molecule has 1 aliphatic heterocycles. The highest BCUT2D eigenvalue weighted by atomic mass is 19.4. The number of aldehydes is 1. The Morgan fingerprint density at radius 1 is 1.29 bits per heavy atom. The van der Waals surface area contributed by atoms with Crippen LogP contribution in [0, 0.1) is 0 Å². The van der Waals surface area contributed by atoms with Gasteiger partial charge < -0.3 is 0 Å². The second-order valence-electron chi connectivity index (χ2n) is 3.29. The molecule has 1 unspecified atom stereocenters. The highest BCUT2D eigenvalue weighted by molar-refractivity contribution is 5.65. The van der Waals surface area contributed by atoms with Crippen LogP contribution in [0.3, 0.4) is 0 Å². The summed E-state index contributed by atoms with van der Waals surface area (Å²) < 4.78 is 36.9. The average Bonchev–Trinajstić information content (AvgIpc) is 2.76. The number of benzene rings is 1. The number of halogens is 3. The molecule has 1 heterocycles. The van der Waals surface area contributed by atoms with Gasteiger partial charge in [0.1, 0.15) is 0 Å². The number of alkyl halides is 3. The number of hydrogen-bond acceptors (Lipinski definition) is 5. The first-order valence-electron chi connectivity index (χ1n) is 4.60. The Kier molecular flexibility index (Phi) is 2.70. The van der Waals surface area contributed by atoms with E-state index >= 15 is 0 Å². The highest BCUT2D eigenvalue weighted by Gasteiger charge is 2.31. The molecule has 1 atom stereocenters. The number of nitrogens with zero attached hydrogens (tertiary/aromatic N) is 3. The third kappa shape index (κ3) is 2.19. The second-order valence-corrected chi connectivity index (χ2v) is 3.29. The maximum absolute atomic E-state index is 12.3. The van der Waals surface area contributed by atoms with Gasteiger partial charge in [0.05, 0.1) is 11.3 Å². The molecular weight excluding hydrogens is 237 g/mol. The molecular formula is C9H7F3N4O. The summed E-state index contributed by atoms with van der Waals surface area (Å²) in [4.78, 5) is 10.6. The van der Waals surface area contributed by atoms with Crippen molar-refractivity contribution in [3.8, 4) is 0 Å². The van der Waals surface area contributed by atoms with Crippen molar-refractivity contribution in [2.45, 2.75) is 12.3 Å². The van der Waals surface area contributed by atoms with Gasteiger partial charge in [-0.2, -0.15) is 13.2 Å². The topological polar surface area (TPSA) is 57.1 Å². The third-order valence-electron chi connectivity index (χ3n) is 2.18. The zero-order chi connectivity index (χ0) is 12.5. The number of nitrogens with one attached hydrogen (secondary N) is 1. The SMILES string of the molecule is O=CC1NN=NN1c1ccc(C(F)(F)F)cc1. The van der Waals surface area contributed by atoms with E-state index in [0.717, 1.165) is 12.1 Å². The average molecular weight is 244 g/mol. The van der Waals surface area contributed by atoms with Gasteiger partial charge >= 0.3 is 6.18 Å². The smallest absolute Gasteiger partial charge is 0.299 e. The Morgan fingerprint density at radius 2 is 1.94 bits per heavy atom. The fraction of sp³-hybridized carbons (Fsp3) is 0.222. The molecule has 1 aliphatic rings. The first-order valence-corrected chi connectivity index (χ1v) is 4.60. The van der Waals surface area contributed by atoms with Crippen LogP contribution in [0.1, 0.15) is 5.56 Å². The van der Waals surface area contributed by atoms with Crippen molar-refractivity contribution in [1.29, 1.82) is 0 Å². The van der Waals surface area contributed by atoms with Crippen molar-refractivity contribution in [3.63, 3.8) is 0 Å². The third-order valence-corrected chi connectivity index (χ3v) is 2.18. The number of carbonyl (C=O) groups excluding carboxylic acids is 1. The van der Waals surface area contributed by atoms with Crippen molar-refractivity contribution in [1.82, 2.24) is 5.43 Å². The Balaban J connectivity index is 2.24. The molecule has 17 heavy (non-hydrogen) atoms. The van der Waals surface area contributed by atoms with Crippen LogP contribution >= 0.6 is 0 Å². The quantitative estimate of drug-likeness (QED) is 0.808. The zero-order valence-corrected chi connectivity index (χ0v) is 8.35. The summed E-state index contributed by atoms with van der Waals surface area (Å²) in [5.74, 6) is 0. The minimum Gasteiger partial charge on any atom is -0.299 e. The Labute approximate surface area is 93.9 Å². The Hall–Kier alpha value is -2.12. The number of anilines is 1. The summed E-state index contributed by atoms with van der Waals surface area (Å²) in [7, 11) is 0. The summed E-state index contributed by atoms with van der Waals surface area (Å²) in [5.41, 5.74) is 1.99. The zero-order valence-electron chi connectivity index (χ0n) is 8.35. The van der Waals surface area contributed by atoms with Crippen LogP contribution in [0.15, 0.2) is 34.7 Å². The molecule has 0 saturated carbocycles. The lowest BCUT2D eigenvalue weighted by molar-refractivity contribution is -0.137. The van der Waals surface area contributed by atoms with Gasteiger partial charge in [-0.25, -0.2) is 5.01 Å². The fourth-order valence-corrected chi connectivity index (χ4v) is 1.35. The van der Waals surface area contributed by atoms with E-state index in [1.54, 1.807) is 0 Å². The molecule has 8 heteroatoms. The van der Waals surface area contributed by atoms with Gasteiger partial charge in [0.2, 0.25) is 0 Å². The lowest BCUT2D eigenvalue weighted by Gasteiger charge is -2.17. The van der Waals surface area contributed by atoms with E-state index in [1.165, 1.54) is 17.1 Å². The summed E-state index contributed by atoms with van der Waals surface area (Å²) >= 11 is 0. The lowest BCUT2D eigenvalue weighted by atomic mass is 10.2. The molecule has 0 spiro atoms. The molecule has 0 bridgehead atoms. The van der Waals surface area contributed by atoms with Crippen LogP contribution in [0.4, 0.5) is 18.9 Å². The molecule has 1 aromatic carbocycles. The van der Waals surface area contributed by atoms with Gasteiger partial charge in [0.25, 0.3) is 0 Å². The van der Waals surface area contributed by atoms with Crippen molar-refractivity contribution in [2.24, 2.45) is 10.4 Å². The molecule has 0 saturated heterocycles. The van der Waals surface area contributed by atoms with E-state index in [0.29, 0.717) is 12.0 Å². The molecule has 0 amide bonds. The Bertz CT molecular complexity index is 443. The molecule has 1 aromatic rings. The van der Waals surface area contributed by atoms with E-state index in [9.17, 15) is 18.0 Å². The first kappa shape index (κ1) is 11.4. The van der Waals surface area contributed by atoms with Gasteiger partial charge in [-0.15, -0.1) is 0 Å². The number of rotatable bonds is 2. The van der Waals surface area contributed by atoms with Crippen LogP contribution in [-0.4, -0.2) is 12.5 Å². The van der Waals surface area contributed by atoms with Gasteiger partial charge in [-0.3, -0.25) is 10.2 Å². The predicted molar refractivity (Wildman–Crippen MR) is 51.8 cm³/mol. The van der Waals surface area contributed by atoms with Crippen LogP contribution in [0.2, 0.25) is 0 Å². The number of carbonyl (C=O) groups is 1. The molecule has 0 fully saturated rings. The second kappa shape index (κ2) is 4.04. The summed E-state index contributed by atoms with van der Waals surface area (Å²) in [6.45, 7) is 0. The largest absolute Gasteiger partial charge is 0.416 e. The van der Waals surface area contributed by atoms with Gasteiger partial charge in [0, 0.05) is 0 Å². The van der Waals surface area contributed by atoms with Gasteiger partial charge in [0.15, 0.2) is 12.5 Å². The molecule has 5 nitrogen and oxygen atoms in total. The van der Waals surface area contributed by atoms with Crippen molar-refractivity contribution >= 4 is 12.0 Å². The Morgan fingerprint density at radius 3 is 2.47 bits per heavy atom. The van der Waals surface area contributed by atoms with E-state index < -0.39 is 17.9 Å². The van der Waals surface area contributed by atoms with E-state index in [4.69, 9.17) is 0 Å². The van der Waals surface area contributed by atoms with Gasteiger partial charge in [-0.05, 0) is 29.5 Å². The van der Waals surface area contributed by atoms with Crippen LogP contribution < -0.4 is 10.4 Å². The van der Waals surface area contributed by atoms with Gasteiger partial charge in [-0.1, -0.05) is 5.22 Å². The van der Waals surface area contributed by atoms with Crippen LogP contribution in [0.25, 0.3) is 0 Å². The fourth-order valence-electron chi connectivity index (χ4n) is 1.35. The molecule has 0 aliphatic carbocycles. The standard InChI is InChI=1S/C9H7F3N4O/c10-9(11,12)6-1-3-7(4-2-6)16-8(5-17)13-14-15-16/h1-5,8H,(H,13,15). The van der Waals surface area contributed by atoms with Crippen molar-refractivity contribution in [3.05, 3.63) is 29.8 Å².